The van der Waals surface area contributed by atoms with Crippen LogP contribution in [0.1, 0.15) is 28.4 Å². The summed E-state index contributed by atoms with van der Waals surface area (Å²) < 4.78 is 0. The van der Waals surface area contributed by atoms with Gasteiger partial charge in [-0.15, -0.1) is 11.3 Å². The van der Waals surface area contributed by atoms with E-state index in [2.05, 4.69) is 36.1 Å². The molecule has 2 aromatic rings. The second-order valence-electron chi connectivity index (χ2n) is 3.87. The third-order valence-corrected chi connectivity index (χ3v) is 3.50. The van der Waals surface area contributed by atoms with Gasteiger partial charge in [-0.05, 0) is 32.4 Å². The number of aryl methyl sites for hydroxylation is 2. The summed E-state index contributed by atoms with van der Waals surface area (Å²) in [5.41, 5.74) is 2.28. The van der Waals surface area contributed by atoms with E-state index in [4.69, 9.17) is 0 Å². The number of anilines is 1. The third kappa shape index (κ3) is 2.39. The van der Waals surface area contributed by atoms with Crippen LogP contribution in [0, 0.1) is 13.8 Å². The summed E-state index contributed by atoms with van der Waals surface area (Å²) in [4.78, 5) is 9.70. The van der Waals surface area contributed by atoms with Crippen LogP contribution in [-0.4, -0.2) is 9.97 Å². The molecule has 0 aromatic carbocycles. The van der Waals surface area contributed by atoms with Gasteiger partial charge in [-0.3, -0.25) is 4.98 Å². The number of thiazole rings is 1. The Labute approximate surface area is 99.6 Å². The Balaban J connectivity index is 2.13. The summed E-state index contributed by atoms with van der Waals surface area (Å²) >= 11 is 1.73. The van der Waals surface area contributed by atoms with Crippen molar-refractivity contribution in [3.63, 3.8) is 0 Å². The smallest absolute Gasteiger partial charge is 0.115 e. The summed E-state index contributed by atoms with van der Waals surface area (Å²) in [6.07, 6.45) is 5.58. The van der Waals surface area contributed by atoms with Crippen LogP contribution in [0.15, 0.2) is 24.7 Å². The Hall–Kier alpha value is -1.42. The van der Waals surface area contributed by atoms with Crippen molar-refractivity contribution >= 4 is 17.0 Å². The average molecular weight is 233 g/mol. The number of rotatable bonds is 3. The molecule has 84 valence electrons. The Kier molecular flexibility index (Phi) is 3.19. The number of hydrogen-bond donors (Lipinski definition) is 1. The number of hydrogen-bond acceptors (Lipinski definition) is 4. The van der Waals surface area contributed by atoms with Crippen LogP contribution in [0.25, 0.3) is 0 Å². The number of aromatic nitrogens is 2. The van der Waals surface area contributed by atoms with Gasteiger partial charge in [0.2, 0.25) is 0 Å². The van der Waals surface area contributed by atoms with Crippen molar-refractivity contribution in [3.05, 3.63) is 40.1 Å². The maximum absolute atomic E-state index is 4.38. The molecule has 1 N–H and O–H groups in total. The number of pyridine rings is 1. The molecule has 0 aliphatic rings. The van der Waals surface area contributed by atoms with Crippen LogP contribution < -0.4 is 5.32 Å². The van der Waals surface area contributed by atoms with Crippen LogP contribution in [0.2, 0.25) is 0 Å². The van der Waals surface area contributed by atoms with Crippen molar-refractivity contribution in [2.45, 2.75) is 26.8 Å². The lowest BCUT2D eigenvalue weighted by Crippen LogP contribution is -2.07. The normalized spacial score (nSPS) is 12.4. The highest BCUT2D eigenvalue weighted by Crippen LogP contribution is 2.24. The predicted octanol–water partition coefficient (Wildman–Crippen LogP) is 3.33. The van der Waals surface area contributed by atoms with Gasteiger partial charge in [-0.1, -0.05) is 0 Å². The van der Waals surface area contributed by atoms with Crippen LogP contribution in [0.3, 0.4) is 0 Å². The van der Waals surface area contributed by atoms with Crippen molar-refractivity contribution < 1.29 is 0 Å². The molecular formula is C12H15N3S. The molecule has 2 rings (SSSR count). The lowest BCUT2D eigenvalue weighted by molar-refractivity contribution is 0.867. The molecule has 16 heavy (non-hydrogen) atoms. The Bertz CT molecular complexity index is 479. The number of nitrogens with zero attached hydrogens (tertiary/aromatic N) is 2. The lowest BCUT2D eigenvalue weighted by Gasteiger charge is -2.14. The molecule has 0 radical (unpaired) electrons. The molecule has 0 bridgehead atoms. The van der Waals surface area contributed by atoms with Gasteiger partial charge in [0.15, 0.2) is 0 Å². The first-order valence-electron chi connectivity index (χ1n) is 5.26. The lowest BCUT2D eigenvalue weighted by atomic mass is 10.2. The molecule has 0 spiro atoms. The third-order valence-electron chi connectivity index (χ3n) is 2.40. The Morgan fingerprint density at radius 3 is 2.75 bits per heavy atom. The van der Waals surface area contributed by atoms with Gasteiger partial charge < -0.3 is 5.32 Å². The molecule has 1 unspecified atom stereocenters. The van der Waals surface area contributed by atoms with E-state index in [0.29, 0.717) is 0 Å². The van der Waals surface area contributed by atoms with E-state index in [9.17, 15) is 0 Å². The quantitative estimate of drug-likeness (QED) is 0.883. The highest BCUT2D eigenvalue weighted by Gasteiger charge is 2.09. The maximum Gasteiger partial charge on any atom is 0.115 e. The molecule has 0 aliphatic heterocycles. The molecule has 0 aliphatic carbocycles. The fourth-order valence-corrected chi connectivity index (χ4v) is 2.28. The topological polar surface area (TPSA) is 37.8 Å². The second kappa shape index (κ2) is 4.61. The Morgan fingerprint density at radius 2 is 2.12 bits per heavy atom. The monoisotopic (exact) mass is 233 g/mol. The van der Waals surface area contributed by atoms with Crippen LogP contribution in [0.5, 0.6) is 0 Å². The molecule has 0 saturated heterocycles. The fraction of sp³-hybridized carbons (Fsp3) is 0.333. The van der Waals surface area contributed by atoms with Crippen molar-refractivity contribution in [2.75, 3.05) is 5.32 Å². The summed E-state index contributed by atoms with van der Waals surface area (Å²) in [6.45, 7) is 6.25. The molecule has 0 saturated carbocycles. The van der Waals surface area contributed by atoms with E-state index in [1.165, 1.54) is 4.88 Å². The van der Waals surface area contributed by atoms with Gasteiger partial charge in [0.1, 0.15) is 5.01 Å². The largest absolute Gasteiger partial charge is 0.376 e. The van der Waals surface area contributed by atoms with E-state index >= 15 is 0 Å². The summed E-state index contributed by atoms with van der Waals surface area (Å²) in [5, 5.41) is 4.57. The highest BCUT2D eigenvalue weighted by molar-refractivity contribution is 7.11. The molecule has 3 nitrogen and oxygen atoms in total. The van der Waals surface area contributed by atoms with Crippen molar-refractivity contribution in [1.29, 1.82) is 0 Å². The van der Waals surface area contributed by atoms with E-state index in [1.54, 1.807) is 17.5 Å². The standard InChI is InChI=1S/C12H15N3S/c1-8-6-13-5-4-11(8)15-10(3)12-14-7-9(2)16-12/h4-7,10H,1-3H3,(H,13,15). The number of nitrogens with one attached hydrogen (secondary N) is 1. The molecule has 0 fully saturated rings. The minimum Gasteiger partial charge on any atom is -0.376 e. The van der Waals surface area contributed by atoms with Crippen molar-refractivity contribution in [1.82, 2.24) is 9.97 Å². The zero-order valence-electron chi connectivity index (χ0n) is 9.69. The average Bonchev–Trinajstić information content (AvgIpc) is 2.68. The fourth-order valence-electron chi connectivity index (χ4n) is 1.50. The zero-order valence-corrected chi connectivity index (χ0v) is 10.5. The van der Waals surface area contributed by atoms with Crippen LogP contribution in [0.4, 0.5) is 5.69 Å². The van der Waals surface area contributed by atoms with E-state index in [0.717, 1.165) is 16.3 Å². The van der Waals surface area contributed by atoms with Gasteiger partial charge in [-0.2, -0.15) is 0 Å². The first kappa shape index (κ1) is 11.1. The van der Waals surface area contributed by atoms with Gasteiger partial charge >= 0.3 is 0 Å². The zero-order chi connectivity index (χ0) is 11.5. The predicted molar refractivity (Wildman–Crippen MR) is 67.9 cm³/mol. The van der Waals surface area contributed by atoms with Crippen LogP contribution >= 0.6 is 11.3 Å². The van der Waals surface area contributed by atoms with E-state index < -0.39 is 0 Å². The van der Waals surface area contributed by atoms with Crippen LogP contribution in [-0.2, 0) is 0 Å². The second-order valence-corrected chi connectivity index (χ2v) is 5.13. The maximum atomic E-state index is 4.38. The molecule has 1 atom stereocenters. The van der Waals surface area contributed by atoms with Crippen molar-refractivity contribution in [2.24, 2.45) is 0 Å². The first-order chi connectivity index (χ1) is 7.66. The molecule has 0 amide bonds. The van der Waals surface area contributed by atoms with Crippen molar-refractivity contribution in [3.8, 4) is 0 Å². The first-order valence-corrected chi connectivity index (χ1v) is 6.08. The van der Waals surface area contributed by atoms with Gasteiger partial charge in [0.25, 0.3) is 0 Å². The minimum atomic E-state index is 0.236. The molecule has 2 heterocycles. The SMILES string of the molecule is Cc1cnc(C(C)Nc2ccncc2C)s1. The highest BCUT2D eigenvalue weighted by atomic mass is 32.1. The molecule has 4 heteroatoms. The molecular weight excluding hydrogens is 218 g/mol. The summed E-state index contributed by atoms with van der Waals surface area (Å²) in [6, 6.07) is 2.23. The molecule has 2 aromatic heterocycles. The summed E-state index contributed by atoms with van der Waals surface area (Å²) in [5.74, 6) is 0. The Morgan fingerprint density at radius 1 is 1.31 bits per heavy atom. The van der Waals surface area contributed by atoms with Gasteiger partial charge in [0.05, 0.1) is 6.04 Å². The van der Waals surface area contributed by atoms with E-state index in [1.807, 2.05) is 18.5 Å². The van der Waals surface area contributed by atoms with Gasteiger partial charge in [-0.25, -0.2) is 4.98 Å². The van der Waals surface area contributed by atoms with Gasteiger partial charge in [0, 0.05) is 29.2 Å². The summed E-state index contributed by atoms with van der Waals surface area (Å²) in [7, 11) is 0. The van der Waals surface area contributed by atoms with E-state index in [-0.39, 0.29) is 6.04 Å². The minimum absolute atomic E-state index is 0.236.